The second kappa shape index (κ2) is 14.3. The van der Waals surface area contributed by atoms with Gasteiger partial charge in [0, 0.05) is 0 Å². The minimum atomic E-state index is -2.98. The van der Waals surface area contributed by atoms with Crippen LogP contribution in [0.1, 0.15) is 0 Å². The van der Waals surface area contributed by atoms with E-state index >= 15 is 0 Å². The van der Waals surface area contributed by atoms with Crippen molar-refractivity contribution in [3.8, 4) is 0 Å². The van der Waals surface area contributed by atoms with Crippen molar-refractivity contribution < 1.29 is 33.7 Å². The van der Waals surface area contributed by atoms with E-state index in [1.54, 1.807) is 7.11 Å². The normalized spacial score (nSPS) is 15.3. The van der Waals surface area contributed by atoms with Gasteiger partial charge in [-0.2, -0.15) is 0 Å². The van der Waals surface area contributed by atoms with E-state index in [0.717, 1.165) is 9.15 Å². The van der Waals surface area contributed by atoms with E-state index in [9.17, 15) is 0 Å². The number of methoxy groups -OCH3 is 2. The fraction of sp³-hybridized carbons (Fsp3) is 0.125. The summed E-state index contributed by atoms with van der Waals surface area (Å²) in [7, 11) is -0.879. The van der Waals surface area contributed by atoms with E-state index < -0.39 is 21.3 Å². The number of ether oxygens (including phenoxy) is 2. The van der Waals surface area contributed by atoms with Gasteiger partial charge in [0.2, 0.25) is 0 Å². The zero-order chi connectivity index (χ0) is 31.1. The van der Waals surface area contributed by atoms with Gasteiger partial charge in [-0.25, -0.2) is 0 Å². The molecule has 2 aliphatic rings. The van der Waals surface area contributed by atoms with Gasteiger partial charge in [-0.15, -0.1) is 0 Å². The molecule has 5 heteroatoms. The zero-order valence-electron chi connectivity index (χ0n) is 25.6. The predicted octanol–water partition coefficient (Wildman–Crippen LogP) is 5.30. The Hall–Kier alpha value is -3.47. The monoisotopic (exact) mass is 694 g/mol. The third-order valence-electron chi connectivity index (χ3n) is 8.92. The van der Waals surface area contributed by atoms with Crippen LogP contribution >= 0.6 is 0 Å². The Bertz CT molecular complexity index is 1610. The Balaban J connectivity index is 1.78. The first-order chi connectivity index (χ1) is 22.2. The first-order valence-corrected chi connectivity index (χ1v) is 21.0. The Labute approximate surface area is 284 Å². The van der Waals surface area contributed by atoms with Crippen LogP contribution < -0.4 is 20.7 Å². The molecule has 6 rings (SSSR count). The number of benzene rings is 4. The fourth-order valence-electron chi connectivity index (χ4n) is 6.91. The first-order valence-electron chi connectivity index (χ1n) is 15.3. The van der Waals surface area contributed by atoms with Crippen LogP contribution in [0.5, 0.6) is 0 Å². The van der Waals surface area contributed by atoms with Crippen LogP contribution in [0.15, 0.2) is 176 Å². The fourth-order valence-corrected chi connectivity index (χ4v) is 20.7. The molecule has 2 aliphatic carbocycles. The van der Waals surface area contributed by atoms with Crippen molar-refractivity contribution in [3.63, 3.8) is 0 Å². The van der Waals surface area contributed by atoms with Crippen LogP contribution in [-0.2, 0) is 33.7 Å². The summed E-state index contributed by atoms with van der Waals surface area (Å²) >= 11 is 1.22. The summed E-state index contributed by atoms with van der Waals surface area (Å²) in [5.41, 5.74) is 3.81. The summed E-state index contributed by atoms with van der Waals surface area (Å²) in [6.45, 7) is 0. The molecular weight excluding hydrogens is 660 g/mol. The summed E-state index contributed by atoms with van der Waals surface area (Å²) in [4.78, 5) is 0. The summed E-state index contributed by atoms with van der Waals surface area (Å²) in [6.07, 6.45) is 17.8. The molecule has 0 atom stereocenters. The zero-order valence-corrected chi connectivity index (χ0v) is 30.1. The summed E-state index contributed by atoms with van der Waals surface area (Å²) in [5, 5.41) is 5.36. The van der Waals surface area contributed by atoms with Gasteiger partial charge in [0.25, 0.3) is 0 Å². The van der Waals surface area contributed by atoms with Crippen molar-refractivity contribution in [1.29, 1.82) is 0 Å². The summed E-state index contributed by atoms with van der Waals surface area (Å²) in [6, 6.07) is 44.4. The molecule has 0 amide bonds. The molecule has 0 saturated carbocycles. The van der Waals surface area contributed by atoms with Gasteiger partial charge >= 0.3 is 287 Å². The molecule has 2 nitrogen and oxygen atoms in total. The van der Waals surface area contributed by atoms with Crippen molar-refractivity contribution in [2.45, 2.75) is 0 Å². The maximum absolute atomic E-state index is 6.72. The second-order valence-electron chi connectivity index (χ2n) is 11.2. The molecule has 0 spiro atoms. The van der Waals surface area contributed by atoms with E-state index in [4.69, 9.17) is 9.47 Å². The van der Waals surface area contributed by atoms with E-state index in [-0.39, 0.29) is 11.8 Å². The van der Waals surface area contributed by atoms with E-state index in [2.05, 4.69) is 176 Å². The third-order valence-corrected chi connectivity index (χ3v) is 22.1. The molecule has 0 fully saturated rings. The van der Waals surface area contributed by atoms with E-state index in [1.807, 2.05) is 7.11 Å². The molecule has 0 aliphatic heterocycles. The van der Waals surface area contributed by atoms with Crippen LogP contribution in [0, 0.1) is 23.0 Å². The van der Waals surface area contributed by atoms with Gasteiger partial charge < -0.3 is 0 Å². The van der Waals surface area contributed by atoms with Gasteiger partial charge in [-0.3, -0.25) is 0 Å². The number of allylic oxidation sites excluding steroid dienone is 8. The maximum atomic E-state index is 6.72. The molecule has 0 aromatic heterocycles. The topological polar surface area (TPSA) is 18.5 Å². The Morgan fingerprint density at radius 2 is 0.978 bits per heavy atom. The first kappa shape index (κ1) is 31.5. The second-order valence-corrected chi connectivity index (χ2v) is 20.9. The van der Waals surface area contributed by atoms with E-state index in [1.165, 1.54) is 45.0 Å². The number of rotatable bonds is 12. The molecule has 221 valence electrons. The summed E-state index contributed by atoms with van der Waals surface area (Å²) in [5.74, 6) is 0.954. The summed E-state index contributed by atoms with van der Waals surface area (Å²) < 4.78 is 14.0. The Morgan fingerprint density at radius 1 is 0.600 bits per heavy atom. The number of hydrogen-bond donors (Lipinski definition) is 0. The SMILES string of the molecule is CO[C](=[Zr])C(C(=[C-][Si](c1ccccc1)(c1ccccc1)[Si](c1ccccc1)c1ccccc1)OC)(C1C=CC=C1)C1C=CC=C1. The molecule has 0 saturated heterocycles. The van der Waals surface area contributed by atoms with Gasteiger partial charge in [0.05, 0.1) is 0 Å². The van der Waals surface area contributed by atoms with Gasteiger partial charge in [-0.1, -0.05) is 0 Å². The Kier molecular flexibility index (Phi) is 10.0. The van der Waals surface area contributed by atoms with Crippen LogP contribution in [0.25, 0.3) is 0 Å². The van der Waals surface area contributed by atoms with Crippen LogP contribution in [-0.4, -0.2) is 33.5 Å². The van der Waals surface area contributed by atoms with E-state index in [0.29, 0.717) is 0 Å². The van der Waals surface area contributed by atoms with Gasteiger partial charge in [0.15, 0.2) is 0 Å². The average molecular weight is 696 g/mol. The third kappa shape index (κ3) is 5.84. The molecular formula is C40H36O2Si2Zr-. The molecule has 4 aromatic rings. The van der Waals surface area contributed by atoms with Crippen LogP contribution in [0.3, 0.4) is 0 Å². The molecule has 0 unspecified atom stereocenters. The minimum absolute atomic E-state index is 0.0500. The predicted molar refractivity (Wildman–Crippen MR) is 188 cm³/mol. The Morgan fingerprint density at radius 3 is 1.33 bits per heavy atom. The van der Waals surface area contributed by atoms with Crippen LogP contribution in [0.2, 0.25) is 0 Å². The van der Waals surface area contributed by atoms with Crippen molar-refractivity contribution in [3.05, 3.63) is 181 Å². The van der Waals surface area contributed by atoms with Crippen molar-refractivity contribution in [2.24, 2.45) is 17.3 Å². The quantitative estimate of drug-likeness (QED) is 0.114. The molecule has 4 aromatic carbocycles. The molecule has 1 radical (unpaired) electrons. The standard InChI is InChI=1S/C40H36O2Si2.Zr/c1-41-32-40(33-19-15-16-20-33,34-21-17-18-22-34)39(42-2)31-44(37-27-11-5-12-28-37,38-29-13-6-14-30-38)43(35-23-7-3-8-24-35)36-25-9-4-10-26-36;/h3-30,33-34H,1-2H3;/q-1;. The molecule has 0 bridgehead atoms. The van der Waals surface area contributed by atoms with Crippen molar-refractivity contribution in [1.82, 2.24) is 0 Å². The molecule has 0 heterocycles. The molecule has 0 N–H and O–H groups in total. The van der Waals surface area contributed by atoms with Crippen molar-refractivity contribution in [2.75, 3.05) is 14.2 Å². The van der Waals surface area contributed by atoms with Gasteiger partial charge in [0.1, 0.15) is 0 Å². The van der Waals surface area contributed by atoms with Crippen molar-refractivity contribution >= 4 is 40.0 Å². The molecule has 45 heavy (non-hydrogen) atoms. The average Bonchev–Trinajstić information content (AvgIpc) is 3.86. The number of hydrogen-bond acceptors (Lipinski definition) is 2. The van der Waals surface area contributed by atoms with Gasteiger partial charge in [-0.05, 0) is 0 Å². The van der Waals surface area contributed by atoms with Crippen LogP contribution in [0.4, 0.5) is 0 Å².